The number of hydrogen-bond acceptors (Lipinski definition) is 7. The molecule has 3 fully saturated rings. The number of benzene rings is 1. The molecule has 2 unspecified atom stereocenters. The van der Waals surface area contributed by atoms with Crippen LogP contribution in [-0.4, -0.2) is 77.9 Å². The van der Waals surface area contributed by atoms with Crippen molar-refractivity contribution in [2.75, 3.05) is 31.8 Å². The molecule has 43 heavy (non-hydrogen) atoms. The molecule has 9 heteroatoms. The van der Waals surface area contributed by atoms with Gasteiger partial charge in [-0.05, 0) is 68.7 Å². The largest absolute Gasteiger partial charge is 0.497 e. The van der Waals surface area contributed by atoms with Gasteiger partial charge in [-0.1, -0.05) is 39.3 Å². The van der Waals surface area contributed by atoms with Gasteiger partial charge in [-0.3, -0.25) is 14.4 Å². The Kier molecular flexibility index (Phi) is 10.4. The Morgan fingerprint density at radius 2 is 1.91 bits per heavy atom. The number of carbonyl (C=O) groups excluding carboxylic acids is 3. The topological polar surface area (TPSA) is 106 Å². The molecular formula is C34H48N2O7. The summed E-state index contributed by atoms with van der Waals surface area (Å²) in [4.78, 5) is 46.3. The van der Waals surface area contributed by atoms with Gasteiger partial charge >= 0.3 is 5.97 Å². The minimum atomic E-state index is -1.22. The number of rotatable bonds is 16. The molecule has 1 aromatic carbocycles. The number of amides is 2. The summed E-state index contributed by atoms with van der Waals surface area (Å²) in [6.45, 7) is 13.7. The summed E-state index contributed by atoms with van der Waals surface area (Å²) in [5, 5.41) is 10.6. The number of anilines is 1. The van der Waals surface area contributed by atoms with Crippen LogP contribution < -0.4 is 9.64 Å². The minimum absolute atomic E-state index is 0.0964. The zero-order chi connectivity index (χ0) is 31.4. The van der Waals surface area contributed by atoms with Crippen molar-refractivity contribution in [1.82, 2.24) is 4.90 Å². The average Bonchev–Trinajstić information content (AvgIpc) is 3.63. The average molecular weight is 597 g/mol. The first kappa shape index (κ1) is 32.7. The second kappa shape index (κ2) is 13.6. The van der Waals surface area contributed by atoms with Crippen LogP contribution in [0.3, 0.4) is 0 Å². The number of aliphatic hydroxyl groups excluding tert-OH is 1. The number of esters is 1. The van der Waals surface area contributed by atoms with Crippen LogP contribution in [-0.2, 0) is 23.9 Å². The number of hydrogen-bond donors (Lipinski definition) is 1. The third-order valence-electron chi connectivity index (χ3n) is 9.96. The van der Waals surface area contributed by atoms with E-state index in [1.54, 1.807) is 47.3 Å². The Balaban J connectivity index is 1.79. The molecule has 0 aromatic heterocycles. The van der Waals surface area contributed by atoms with Crippen LogP contribution in [0.5, 0.6) is 5.75 Å². The molecule has 0 saturated carbocycles. The van der Waals surface area contributed by atoms with Crippen LogP contribution >= 0.6 is 0 Å². The predicted molar refractivity (Wildman–Crippen MR) is 165 cm³/mol. The second-order valence-corrected chi connectivity index (χ2v) is 12.1. The van der Waals surface area contributed by atoms with E-state index in [4.69, 9.17) is 14.2 Å². The van der Waals surface area contributed by atoms with Gasteiger partial charge < -0.3 is 29.1 Å². The molecule has 1 N–H and O–H groups in total. The number of unbranched alkanes of at least 4 members (excludes halogenated alkanes) is 2. The lowest BCUT2D eigenvalue weighted by Gasteiger charge is -2.41. The number of aliphatic hydroxyl groups is 1. The van der Waals surface area contributed by atoms with Crippen molar-refractivity contribution in [3.63, 3.8) is 0 Å². The van der Waals surface area contributed by atoms with E-state index in [0.717, 1.165) is 12.8 Å². The zero-order valence-electron chi connectivity index (χ0n) is 26.1. The fourth-order valence-electron chi connectivity index (χ4n) is 7.48. The Morgan fingerprint density at radius 1 is 1.19 bits per heavy atom. The van der Waals surface area contributed by atoms with E-state index in [-0.39, 0.29) is 37.5 Å². The third-order valence-corrected chi connectivity index (χ3v) is 9.96. The Hall–Kier alpha value is -3.17. The molecule has 3 saturated heterocycles. The number of carbonyl (C=O) groups is 3. The van der Waals surface area contributed by atoms with Crippen molar-refractivity contribution < 1.29 is 33.7 Å². The predicted octanol–water partition coefficient (Wildman–Crippen LogP) is 4.68. The van der Waals surface area contributed by atoms with E-state index in [1.165, 1.54) is 0 Å². The lowest BCUT2D eigenvalue weighted by atomic mass is 9.65. The van der Waals surface area contributed by atoms with Crippen molar-refractivity contribution >= 4 is 23.5 Å². The highest BCUT2D eigenvalue weighted by molar-refractivity contribution is 6.05. The molecule has 3 heterocycles. The van der Waals surface area contributed by atoms with Crippen molar-refractivity contribution in [2.45, 2.75) is 89.0 Å². The van der Waals surface area contributed by atoms with Gasteiger partial charge in [0.1, 0.15) is 23.3 Å². The lowest BCUT2D eigenvalue weighted by Crippen LogP contribution is -2.60. The van der Waals surface area contributed by atoms with E-state index in [2.05, 4.69) is 13.2 Å². The van der Waals surface area contributed by atoms with Gasteiger partial charge in [0.2, 0.25) is 5.91 Å². The maximum Gasteiger partial charge on any atom is 0.312 e. The number of likely N-dealkylation sites (tertiary alicyclic amines) is 1. The molecule has 0 radical (unpaired) electrons. The van der Waals surface area contributed by atoms with E-state index in [9.17, 15) is 19.5 Å². The summed E-state index contributed by atoms with van der Waals surface area (Å²) in [6, 6.07) is 5.49. The van der Waals surface area contributed by atoms with Gasteiger partial charge in [0.05, 0.1) is 37.9 Å². The SMILES string of the molecule is C=CCCCCOC(=O)[C@@H]1[C@H]2C(=O)N([C@@H](CO)[C@@H](C)CC)C(C(=O)N(CC=C)c3ccc(OC)cc3)C23CC[C@@]1(CC)O3. The van der Waals surface area contributed by atoms with Crippen LogP contribution in [0.1, 0.15) is 65.7 Å². The van der Waals surface area contributed by atoms with Crippen molar-refractivity contribution in [2.24, 2.45) is 17.8 Å². The molecule has 4 rings (SSSR count). The second-order valence-electron chi connectivity index (χ2n) is 12.1. The van der Waals surface area contributed by atoms with Gasteiger partial charge in [0.25, 0.3) is 5.91 Å². The van der Waals surface area contributed by atoms with Crippen LogP contribution in [0.25, 0.3) is 0 Å². The van der Waals surface area contributed by atoms with Gasteiger partial charge in [0, 0.05) is 12.2 Å². The van der Waals surface area contributed by atoms with E-state index < -0.39 is 41.1 Å². The fourth-order valence-corrected chi connectivity index (χ4v) is 7.48. The van der Waals surface area contributed by atoms with Crippen LogP contribution in [0.2, 0.25) is 0 Å². The Morgan fingerprint density at radius 3 is 2.49 bits per heavy atom. The number of allylic oxidation sites excluding steroid dienone is 1. The van der Waals surface area contributed by atoms with Crippen LogP contribution in [0, 0.1) is 17.8 Å². The highest BCUT2D eigenvalue weighted by atomic mass is 16.6. The molecular weight excluding hydrogens is 548 g/mol. The number of nitrogens with zero attached hydrogens (tertiary/aromatic N) is 2. The summed E-state index contributed by atoms with van der Waals surface area (Å²) in [6.07, 6.45) is 8.06. The summed E-state index contributed by atoms with van der Waals surface area (Å²) in [5.74, 6) is -2.25. The minimum Gasteiger partial charge on any atom is -0.497 e. The normalized spacial score (nSPS) is 28.7. The van der Waals surface area contributed by atoms with E-state index in [0.29, 0.717) is 43.5 Å². The molecule has 3 aliphatic rings. The highest BCUT2D eigenvalue weighted by Gasteiger charge is 2.79. The molecule has 0 aliphatic carbocycles. The lowest BCUT2D eigenvalue weighted by molar-refractivity contribution is -0.162. The Labute approximate surface area is 255 Å². The summed E-state index contributed by atoms with van der Waals surface area (Å²) < 4.78 is 18.0. The first-order chi connectivity index (χ1) is 20.7. The van der Waals surface area contributed by atoms with Crippen molar-refractivity contribution in [1.29, 1.82) is 0 Å². The van der Waals surface area contributed by atoms with Crippen LogP contribution in [0.15, 0.2) is 49.6 Å². The van der Waals surface area contributed by atoms with E-state index in [1.807, 2.05) is 26.8 Å². The van der Waals surface area contributed by atoms with Gasteiger partial charge in [0.15, 0.2) is 0 Å². The standard InChI is InChI=1S/C34H48N2O7/c1-7-11-12-13-21-42-32(40)28-27-30(38)36(26(22-37)23(5)9-3)29(34(27)19-18-33(28,10-4)43-34)31(39)35(20-8-2)24-14-16-25(41-6)17-15-24/h7-8,14-17,23,26-29,37H,1-2,9-13,18-22H2,3-6H3/t23-,26-,27-,28-,29?,33+,34?/m0/s1. The molecule has 2 amide bonds. The van der Waals surface area contributed by atoms with Crippen LogP contribution in [0.4, 0.5) is 5.69 Å². The molecule has 7 atom stereocenters. The molecule has 3 aliphatic heterocycles. The van der Waals surface area contributed by atoms with Gasteiger partial charge in [-0.2, -0.15) is 0 Å². The monoisotopic (exact) mass is 596 g/mol. The van der Waals surface area contributed by atoms with E-state index >= 15 is 0 Å². The molecule has 1 spiro atoms. The molecule has 9 nitrogen and oxygen atoms in total. The maximum atomic E-state index is 14.8. The van der Waals surface area contributed by atoms with Gasteiger partial charge in [-0.15, -0.1) is 13.2 Å². The molecule has 236 valence electrons. The smallest absolute Gasteiger partial charge is 0.312 e. The fraction of sp³-hybridized carbons (Fsp3) is 0.618. The summed E-state index contributed by atoms with van der Waals surface area (Å²) >= 11 is 0. The molecule has 1 aromatic rings. The Bertz CT molecular complexity index is 1190. The summed E-state index contributed by atoms with van der Waals surface area (Å²) in [5.41, 5.74) is -1.49. The zero-order valence-corrected chi connectivity index (χ0v) is 26.1. The number of fused-ring (bicyclic) bond motifs is 1. The first-order valence-corrected chi connectivity index (χ1v) is 15.7. The van der Waals surface area contributed by atoms with Crippen molar-refractivity contribution in [3.8, 4) is 5.75 Å². The van der Waals surface area contributed by atoms with Gasteiger partial charge in [-0.25, -0.2) is 0 Å². The number of methoxy groups -OCH3 is 1. The first-order valence-electron chi connectivity index (χ1n) is 15.7. The number of ether oxygens (including phenoxy) is 3. The van der Waals surface area contributed by atoms with Crippen molar-refractivity contribution in [3.05, 3.63) is 49.6 Å². The highest BCUT2D eigenvalue weighted by Crippen LogP contribution is 2.65. The summed E-state index contributed by atoms with van der Waals surface area (Å²) in [7, 11) is 1.58. The third kappa shape index (κ3) is 5.62. The maximum absolute atomic E-state index is 14.8. The quantitative estimate of drug-likeness (QED) is 0.168. The molecule has 2 bridgehead atoms.